The number of aliphatic carboxylic acids is 1. The van der Waals surface area contributed by atoms with Crippen molar-refractivity contribution in [3.05, 3.63) is 48.3 Å². The van der Waals surface area contributed by atoms with Crippen LogP contribution < -0.4 is 0 Å². The summed E-state index contributed by atoms with van der Waals surface area (Å²) in [6.45, 7) is 1.38. The largest absolute Gasteiger partial charge is 0.481 e. The molecule has 24 heavy (non-hydrogen) atoms. The summed E-state index contributed by atoms with van der Waals surface area (Å²) >= 11 is 0. The van der Waals surface area contributed by atoms with Gasteiger partial charge in [0.25, 0.3) is 5.91 Å². The van der Waals surface area contributed by atoms with E-state index >= 15 is 0 Å². The number of hydrogen-bond acceptors (Lipinski definition) is 2. The molecule has 2 aromatic rings. The van der Waals surface area contributed by atoms with Crippen molar-refractivity contribution in [3.63, 3.8) is 0 Å². The fourth-order valence-electron chi connectivity index (χ4n) is 3.38. The number of carboxylic acid groups (broad SMARTS) is 1. The summed E-state index contributed by atoms with van der Waals surface area (Å²) in [6, 6.07) is 9.85. The van der Waals surface area contributed by atoms with E-state index in [-0.39, 0.29) is 18.2 Å². The Morgan fingerprint density at radius 2 is 2.00 bits per heavy atom. The van der Waals surface area contributed by atoms with Gasteiger partial charge in [0.05, 0.1) is 5.56 Å². The molecule has 0 aliphatic carbocycles. The van der Waals surface area contributed by atoms with Crippen molar-refractivity contribution < 1.29 is 14.7 Å². The third-order valence-corrected chi connectivity index (χ3v) is 4.63. The molecule has 1 fully saturated rings. The van der Waals surface area contributed by atoms with Crippen molar-refractivity contribution in [2.75, 3.05) is 13.1 Å². The average molecular weight is 326 g/mol. The van der Waals surface area contributed by atoms with Gasteiger partial charge in [0.1, 0.15) is 0 Å². The van der Waals surface area contributed by atoms with E-state index in [0.717, 1.165) is 30.5 Å². The van der Waals surface area contributed by atoms with E-state index in [0.29, 0.717) is 18.5 Å². The average Bonchev–Trinajstić information content (AvgIpc) is 3.10. The summed E-state index contributed by atoms with van der Waals surface area (Å²) in [7, 11) is 0. The van der Waals surface area contributed by atoms with E-state index in [9.17, 15) is 9.59 Å². The Morgan fingerprint density at radius 3 is 2.75 bits per heavy atom. The van der Waals surface area contributed by atoms with E-state index in [4.69, 9.17) is 5.11 Å². The smallest absolute Gasteiger partial charge is 0.303 e. The van der Waals surface area contributed by atoms with Crippen molar-refractivity contribution in [1.29, 1.82) is 0 Å². The lowest BCUT2D eigenvalue weighted by Crippen LogP contribution is -2.40. The summed E-state index contributed by atoms with van der Waals surface area (Å²) in [5.74, 6) is -0.469. The Hall–Kier alpha value is -2.56. The number of nitrogens with one attached hydrogen (secondary N) is 1. The van der Waals surface area contributed by atoms with Crippen LogP contribution in [0.2, 0.25) is 0 Å². The first-order valence-corrected chi connectivity index (χ1v) is 8.38. The second-order valence-corrected chi connectivity index (χ2v) is 6.34. The molecular formula is C19H22N2O3. The van der Waals surface area contributed by atoms with Crippen LogP contribution in [0.5, 0.6) is 0 Å². The zero-order valence-electron chi connectivity index (χ0n) is 13.6. The Morgan fingerprint density at radius 1 is 1.21 bits per heavy atom. The van der Waals surface area contributed by atoms with Crippen LogP contribution in [0.15, 0.2) is 42.7 Å². The van der Waals surface area contributed by atoms with Crippen molar-refractivity contribution in [1.82, 2.24) is 9.88 Å². The minimum absolute atomic E-state index is 0.0233. The number of piperidine rings is 1. The van der Waals surface area contributed by atoms with Gasteiger partial charge in [-0.3, -0.25) is 9.59 Å². The Bertz CT molecular complexity index is 708. The molecule has 126 valence electrons. The summed E-state index contributed by atoms with van der Waals surface area (Å²) in [5.41, 5.74) is 2.61. The molecule has 2 N–H and O–H groups in total. The summed E-state index contributed by atoms with van der Waals surface area (Å²) in [5, 5.41) is 8.85. The first-order valence-electron chi connectivity index (χ1n) is 8.38. The van der Waals surface area contributed by atoms with Crippen LogP contribution in [0.25, 0.3) is 11.1 Å². The molecule has 5 nitrogen and oxygen atoms in total. The number of rotatable bonds is 5. The zero-order valence-corrected chi connectivity index (χ0v) is 13.6. The molecule has 0 spiro atoms. The molecule has 3 rings (SSSR count). The standard InChI is InChI=1S/C19H22N2O3/c22-18(23)9-8-14-5-4-10-21(13-14)19(24)17-12-20-11-16(17)15-6-2-1-3-7-15/h1-3,6-7,11-12,14,20H,4-5,8-10,13H2,(H,22,23). The zero-order chi connectivity index (χ0) is 16.9. The van der Waals surface area contributed by atoms with Gasteiger partial charge in [-0.2, -0.15) is 0 Å². The number of benzene rings is 1. The van der Waals surface area contributed by atoms with Crippen LogP contribution in [0.4, 0.5) is 0 Å². The first-order chi connectivity index (χ1) is 11.6. The number of carboxylic acids is 1. The van der Waals surface area contributed by atoms with E-state index < -0.39 is 5.97 Å². The van der Waals surface area contributed by atoms with E-state index in [1.165, 1.54) is 0 Å². The Kier molecular flexibility index (Phi) is 4.99. The van der Waals surface area contributed by atoms with Gasteiger partial charge < -0.3 is 15.0 Å². The van der Waals surface area contributed by atoms with Gasteiger partial charge in [-0.1, -0.05) is 30.3 Å². The van der Waals surface area contributed by atoms with Gasteiger partial charge in [0.2, 0.25) is 0 Å². The number of likely N-dealkylation sites (tertiary alicyclic amines) is 1. The molecule has 0 radical (unpaired) electrons. The fraction of sp³-hybridized carbons (Fsp3) is 0.368. The second kappa shape index (κ2) is 7.34. The molecule has 2 heterocycles. The number of nitrogens with zero attached hydrogens (tertiary/aromatic N) is 1. The van der Waals surface area contributed by atoms with Gasteiger partial charge in [-0.05, 0) is 30.7 Å². The number of carbonyl (C=O) groups is 2. The SMILES string of the molecule is O=C(O)CCC1CCCN(C(=O)c2c[nH]cc2-c2ccccc2)C1. The molecule has 0 bridgehead atoms. The normalized spacial score (nSPS) is 17.7. The van der Waals surface area contributed by atoms with Crippen LogP contribution in [-0.2, 0) is 4.79 Å². The van der Waals surface area contributed by atoms with Crippen molar-refractivity contribution in [3.8, 4) is 11.1 Å². The van der Waals surface area contributed by atoms with Gasteiger partial charge in [0.15, 0.2) is 0 Å². The number of aromatic nitrogens is 1. The molecule has 1 unspecified atom stereocenters. The maximum absolute atomic E-state index is 12.9. The summed E-state index contributed by atoms with van der Waals surface area (Å²) in [4.78, 5) is 28.6. The molecule has 1 amide bonds. The maximum Gasteiger partial charge on any atom is 0.303 e. The van der Waals surface area contributed by atoms with Crippen LogP contribution in [0, 0.1) is 5.92 Å². The lowest BCUT2D eigenvalue weighted by molar-refractivity contribution is -0.137. The molecule has 5 heteroatoms. The molecule has 1 aromatic carbocycles. The highest BCUT2D eigenvalue weighted by atomic mass is 16.4. The van der Waals surface area contributed by atoms with Crippen LogP contribution in [0.3, 0.4) is 0 Å². The molecule has 0 saturated carbocycles. The van der Waals surface area contributed by atoms with Gasteiger partial charge in [0, 0.05) is 37.5 Å². The third-order valence-electron chi connectivity index (χ3n) is 4.63. The maximum atomic E-state index is 12.9. The highest BCUT2D eigenvalue weighted by Crippen LogP contribution is 2.27. The van der Waals surface area contributed by atoms with Crippen LogP contribution in [0.1, 0.15) is 36.0 Å². The summed E-state index contributed by atoms with van der Waals surface area (Å²) < 4.78 is 0. The fourth-order valence-corrected chi connectivity index (χ4v) is 3.38. The molecule has 1 atom stereocenters. The third kappa shape index (κ3) is 3.67. The second-order valence-electron chi connectivity index (χ2n) is 6.34. The van der Waals surface area contributed by atoms with E-state index in [2.05, 4.69) is 4.98 Å². The van der Waals surface area contributed by atoms with Crippen molar-refractivity contribution in [2.24, 2.45) is 5.92 Å². The van der Waals surface area contributed by atoms with Crippen molar-refractivity contribution in [2.45, 2.75) is 25.7 Å². The highest BCUT2D eigenvalue weighted by Gasteiger charge is 2.26. The minimum atomic E-state index is -0.768. The number of amides is 1. The topological polar surface area (TPSA) is 73.4 Å². The van der Waals surface area contributed by atoms with Crippen LogP contribution in [-0.4, -0.2) is 40.0 Å². The van der Waals surface area contributed by atoms with Crippen molar-refractivity contribution >= 4 is 11.9 Å². The summed E-state index contributed by atoms with van der Waals surface area (Å²) in [6.07, 6.45) is 6.35. The van der Waals surface area contributed by atoms with Crippen LogP contribution >= 0.6 is 0 Å². The number of hydrogen-bond donors (Lipinski definition) is 2. The Labute approximate surface area is 141 Å². The Balaban J connectivity index is 1.73. The number of aromatic amines is 1. The van der Waals surface area contributed by atoms with E-state index in [1.807, 2.05) is 41.4 Å². The lowest BCUT2D eigenvalue weighted by Gasteiger charge is -2.32. The quantitative estimate of drug-likeness (QED) is 0.884. The number of carbonyl (C=O) groups excluding carboxylic acids is 1. The van der Waals surface area contributed by atoms with E-state index in [1.54, 1.807) is 6.20 Å². The molecule has 1 aliphatic heterocycles. The minimum Gasteiger partial charge on any atom is -0.481 e. The van der Waals surface area contributed by atoms with Gasteiger partial charge >= 0.3 is 5.97 Å². The predicted molar refractivity (Wildman–Crippen MR) is 91.7 cm³/mol. The van der Waals surface area contributed by atoms with Gasteiger partial charge in [-0.25, -0.2) is 0 Å². The van der Waals surface area contributed by atoms with Gasteiger partial charge in [-0.15, -0.1) is 0 Å². The molecule has 1 aliphatic rings. The predicted octanol–water partition coefficient (Wildman–Crippen LogP) is 3.40. The highest BCUT2D eigenvalue weighted by molar-refractivity contribution is 6.00. The lowest BCUT2D eigenvalue weighted by atomic mass is 9.92. The number of H-pyrrole nitrogens is 1. The molecule has 1 aromatic heterocycles. The molecule has 1 saturated heterocycles. The molecular weight excluding hydrogens is 304 g/mol. The monoisotopic (exact) mass is 326 g/mol. The first kappa shape index (κ1) is 16.3.